The van der Waals surface area contributed by atoms with Crippen LogP contribution in [0.3, 0.4) is 0 Å². The standard InChI is InChI=1S/C6H14S4/c1-2-3-4-5-6(7)9-10-8/h6-8H,2-5H2,1H3. The summed E-state index contributed by atoms with van der Waals surface area (Å²) in [5, 5.41) is 0. The van der Waals surface area contributed by atoms with E-state index >= 15 is 0 Å². The number of hydrogen-bond donors (Lipinski definition) is 2. The summed E-state index contributed by atoms with van der Waals surface area (Å²) in [6, 6.07) is 0. The summed E-state index contributed by atoms with van der Waals surface area (Å²) in [6.45, 7) is 2.22. The van der Waals surface area contributed by atoms with Crippen LogP contribution in [-0.4, -0.2) is 4.58 Å². The van der Waals surface area contributed by atoms with Gasteiger partial charge in [0, 0.05) is 0 Å². The van der Waals surface area contributed by atoms with Crippen molar-refractivity contribution in [2.75, 3.05) is 0 Å². The Balaban J connectivity index is 2.97. The zero-order valence-corrected chi connectivity index (χ0v) is 9.54. The third kappa shape index (κ3) is 7.51. The van der Waals surface area contributed by atoms with Gasteiger partial charge in [-0.15, -0.1) is 0 Å². The van der Waals surface area contributed by atoms with E-state index in [0.717, 1.165) is 0 Å². The lowest BCUT2D eigenvalue weighted by Gasteiger charge is -2.05. The molecule has 10 heavy (non-hydrogen) atoms. The Morgan fingerprint density at radius 1 is 1.40 bits per heavy atom. The number of unbranched alkanes of at least 4 members (excludes halogenated alkanes) is 2. The molecule has 0 aliphatic heterocycles. The fraction of sp³-hybridized carbons (Fsp3) is 1.00. The predicted octanol–water partition coefficient (Wildman–Crippen LogP) is 4.05. The van der Waals surface area contributed by atoms with E-state index in [-0.39, 0.29) is 0 Å². The molecular weight excluding hydrogens is 200 g/mol. The fourth-order valence-corrected chi connectivity index (χ4v) is 3.73. The second-order valence-corrected chi connectivity index (χ2v) is 6.37. The van der Waals surface area contributed by atoms with E-state index in [1.165, 1.54) is 35.5 Å². The van der Waals surface area contributed by atoms with Gasteiger partial charge in [0.25, 0.3) is 0 Å². The van der Waals surface area contributed by atoms with E-state index in [1.54, 1.807) is 10.8 Å². The molecule has 0 N–H and O–H groups in total. The maximum Gasteiger partial charge on any atom is 0.0584 e. The highest BCUT2D eigenvalue weighted by molar-refractivity contribution is 9.06. The van der Waals surface area contributed by atoms with Gasteiger partial charge in [0.1, 0.15) is 0 Å². The van der Waals surface area contributed by atoms with Crippen LogP contribution in [0, 0.1) is 0 Å². The highest BCUT2D eigenvalue weighted by Gasteiger charge is 2.00. The molecule has 0 aliphatic rings. The van der Waals surface area contributed by atoms with Crippen LogP contribution in [0.1, 0.15) is 32.6 Å². The van der Waals surface area contributed by atoms with Gasteiger partial charge in [0.2, 0.25) is 0 Å². The van der Waals surface area contributed by atoms with Crippen LogP contribution in [0.4, 0.5) is 0 Å². The molecule has 0 aromatic carbocycles. The lowest BCUT2D eigenvalue weighted by atomic mass is 10.2. The van der Waals surface area contributed by atoms with E-state index in [2.05, 4.69) is 31.2 Å². The molecule has 0 aromatic rings. The van der Waals surface area contributed by atoms with Crippen LogP contribution in [0.2, 0.25) is 0 Å². The van der Waals surface area contributed by atoms with Gasteiger partial charge >= 0.3 is 0 Å². The Kier molecular flexibility index (Phi) is 9.69. The highest BCUT2D eigenvalue weighted by Crippen LogP contribution is 2.34. The maximum absolute atomic E-state index is 4.38. The molecule has 0 radical (unpaired) electrons. The zero-order valence-electron chi connectivity index (χ0n) is 6.12. The van der Waals surface area contributed by atoms with Gasteiger partial charge in [-0.25, -0.2) is 0 Å². The summed E-state index contributed by atoms with van der Waals surface area (Å²) in [5.74, 6) is 0. The van der Waals surface area contributed by atoms with Crippen molar-refractivity contribution < 1.29 is 0 Å². The molecule has 0 amide bonds. The predicted molar refractivity (Wildman–Crippen MR) is 61.1 cm³/mol. The Morgan fingerprint density at radius 2 is 2.10 bits per heavy atom. The van der Waals surface area contributed by atoms with E-state index in [0.29, 0.717) is 4.58 Å². The van der Waals surface area contributed by atoms with Crippen molar-refractivity contribution in [2.45, 2.75) is 37.2 Å². The van der Waals surface area contributed by atoms with E-state index in [1.807, 2.05) is 0 Å². The number of rotatable bonds is 6. The molecule has 0 saturated carbocycles. The van der Waals surface area contributed by atoms with E-state index in [4.69, 9.17) is 0 Å². The molecule has 0 saturated heterocycles. The van der Waals surface area contributed by atoms with Crippen molar-refractivity contribution >= 4 is 44.9 Å². The van der Waals surface area contributed by atoms with Crippen LogP contribution in [0.25, 0.3) is 0 Å². The summed E-state index contributed by atoms with van der Waals surface area (Å²) < 4.78 is 0.467. The molecule has 0 nitrogen and oxygen atoms in total. The van der Waals surface area contributed by atoms with Gasteiger partial charge in [-0.3, -0.25) is 0 Å². The van der Waals surface area contributed by atoms with Crippen molar-refractivity contribution in [3.8, 4) is 0 Å². The third-order valence-electron chi connectivity index (χ3n) is 1.21. The van der Waals surface area contributed by atoms with Crippen LogP contribution >= 0.6 is 44.9 Å². The van der Waals surface area contributed by atoms with E-state index in [9.17, 15) is 0 Å². The Bertz CT molecular complexity index is 66.8. The Hall–Kier alpha value is 1.40. The van der Waals surface area contributed by atoms with Gasteiger partial charge < -0.3 is 0 Å². The van der Waals surface area contributed by atoms with Gasteiger partial charge in [-0.2, -0.15) is 12.6 Å². The minimum Gasteiger partial charge on any atom is -0.164 e. The first-order valence-corrected chi connectivity index (χ1v) is 7.24. The smallest absolute Gasteiger partial charge is 0.0584 e. The van der Waals surface area contributed by atoms with Crippen molar-refractivity contribution in [3.05, 3.63) is 0 Å². The molecule has 0 spiro atoms. The van der Waals surface area contributed by atoms with Gasteiger partial charge in [-0.1, -0.05) is 48.6 Å². The molecule has 0 rings (SSSR count). The average molecular weight is 214 g/mol. The number of thiol groups is 2. The molecule has 0 bridgehead atoms. The monoisotopic (exact) mass is 214 g/mol. The van der Waals surface area contributed by atoms with Gasteiger partial charge in [0.15, 0.2) is 0 Å². The second-order valence-electron chi connectivity index (χ2n) is 2.12. The molecule has 1 unspecified atom stereocenters. The first-order chi connectivity index (χ1) is 4.81. The Morgan fingerprint density at radius 3 is 2.60 bits per heavy atom. The summed E-state index contributed by atoms with van der Waals surface area (Å²) in [4.78, 5) is 0. The third-order valence-corrected chi connectivity index (χ3v) is 4.48. The normalized spacial score (nSPS) is 13.5. The molecule has 0 fully saturated rings. The SMILES string of the molecule is CCCCCC(S)SSS. The topological polar surface area (TPSA) is 0 Å². The number of hydrogen-bond acceptors (Lipinski definition) is 4. The average Bonchev–Trinajstić information content (AvgIpc) is 1.89. The van der Waals surface area contributed by atoms with Crippen molar-refractivity contribution in [1.29, 1.82) is 0 Å². The molecule has 0 heterocycles. The lowest BCUT2D eigenvalue weighted by Crippen LogP contribution is -1.88. The quantitative estimate of drug-likeness (QED) is 0.296. The van der Waals surface area contributed by atoms with Crippen molar-refractivity contribution in [3.63, 3.8) is 0 Å². The summed E-state index contributed by atoms with van der Waals surface area (Å²) in [7, 11) is 3.23. The zero-order chi connectivity index (χ0) is 7.82. The highest BCUT2D eigenvalue weighted by atomic mass is 33.5. The first kappa shape index (κ1) is 11.4. The van der Waals surface area contributed by atoms with Crippen molar-refractivity contribution in [1.82, 2.24) is 0 Å². The second kappa shape index (κ2) is 8.50. The van der Waals surface area contributed by atoms with Crippen LogP contribution in [-0.2, 0) is 0 Å². The van der Waals surface area contributed by atoms with Gasteiger partial charge in [-0.05, 0) is 16.2 Å². The minimum atomic E-state index is 0.467. The molecular formula is C6H14S4. The maximum atomic E-state index is 4.38. The van der Waals surface area contributed by atoms with Crippen LogP contribution in [0.15, 0.2) is 0 Å². The molecule has 4 heteroatoms. The fourth-order valence-electron chi connectivity index (χ4n) is 0.667. The summed E-state index contributed by atoms with van der Waals surface area (Å²) in [6.07, 6.45) is 5.12. The summed E-state index contributed by atoms with van der Waals surface area (Å²) >= 11 is 8.41. The molecule has 1 atom stereocenters. The van der Waals surface area contributed by atoms with Crippen LogP contribution in [0.5, 0.6) is 0 Å². The van der Waals surface area contributed by atoms with Crippen LogP contribution < -0.4 is 0 Å². The van der Waals surface area contributed by atoms with Gasteiger partial charge in [0.05, 0.1) is 4.58 Å². The molecule has 0 aromatic heterocycles. The summed E-state index contributed by atoms with van der Waals surface area (Å²) in [5.41, 5.74) is 0. The van der Waals surface area contributed by atoms with E-state index < -0.39 is 0 Å². The minimum absolute atomic E-state index is 0.467. The Labute approximate surface area is 81.9 Å². The molecule has 62 valence electrons. The molecule has 0 aliphatic carbocycles. The largest absolute Gasteiger partial charge is 0.164 e. The first-order valence-electron chi connectivity index (χ1n) is 3.46. The van der Waals surface area contributed by atoms with Crippen molar-refractivity contribution in [2.24, 2.45) is 0 Å². The lowest BCUT2D eigenvalue weighted by molar-refractivity contribution is 0.698.